The van der Waals surface area contributed by atoms with Crippen molar-refractivity contribution >= 4 is 12.0 Å². The number of hydrogen-bond acceptors (Lipinski definition) is 2. The summed E-state index contributed by atoms with van der Waals surface area (Å²) in [4.78, 5) is 0.532. The van der Waals surface area contributed by atoms with Crippen molar-refractivity contribution in [3.05, 3.63) is 58.4 Å². The summed E-state index contributed by atoms with van der Waals surface area (Å²) in [5, 5.41) is 0. The minimum absolute atomic E-state index is 0.532. The molecule has 0 heterocycles. The van der Waals surface area contributed by atoms with Crippen molar-refractivity contribution in [1.82, 2.24) is 0 Å². The molecule has 0 amide bonds. The van der Waals surface area contributed by atoms with Gasteiger partial charge in [0.1, 0.15) is 0 Å². The standard InChI is InChI=1S/C15H9F5OS/c16-10-11(17)13(19)15(14(20)12(10)18)21-22-9-5-4-7-2-1-3-8(7)6-9/h4-6H,1-3H2. The molecule has 1 aliphatic rings. The Morgan fingerprint density at radius 3 is 2.05 bits per heavy atom. The van der Waals surface area contributed by atoms with E-state index >= 15 is 0 Å². The molecule has 0 unspecified atom stereocenters. The molecule has 116 valence electrons. The van der Waals surface area contributed by atoms with Crippen LogP contribution in [0.15, 0.2) is 23.1 Å². The molecular weight excluding hydrogens is 323 g/mol. The van der Waals surface area contributed by atoms with Crippen LogP contribution in [-0.2, 0) is 12.8 Å². The molecule has 0 saturated carbocycles. The van der Waals surface area contributed by atoms with Gasteiger partial charge in [-0.2, -0.15) is 8.78 Å². The lowest BCUT2D eigenvalue weighted by atomic mass is 10.1. The zero-order chi connectivity index (χ0) is 15.9. The third-order valence-electron chi connectivity index (χ3n) is 3.46. The molecule has 0 aromatic heterocycles. The maximum atomic E-state index is 13.5. The van der Waals surface area contributed by atoms with E-state index < -0.39 is 34.8 Å². The van der Waals surface area contributed by atoms with E-state index in [1.54, 1.807) is 12.1 Å². The van der Waals surface area contributed by atoms with E-state index in [0.717, 1.165) is 24.8 Å². The zero-order valence-electron chi connectivity index (χ0n) is 11.1. The summed E-state index contributed by atoms with van der Waals surface area (Å²) in [7, 11) is 0. The van der Waals surface area contributed by atoms with Gasteiger partial charge in [0.05, 0.1) is 12.0 Å². The Morgan fingerprint density at radius 2 is 1.36 bits per heavy atom. The highest BCUT2D eigenvalue weighted by molar-refractivity contribution is 7.95. The van der Waals surface area contributed by atoms with Crippen LogP contribution in [0, 0.1) is 29.1 Å². The molecule has 0 aliphatic heterocycles. The Balaban J connectivity index is 1.85. The molecule has 22 heavy (non-hydrogen) atoms. The number of aryl methyl sites for hydroxylation is 2. The fraction of sp³-hybridized carbons (Fsp3) is 0.200. The minimum Gasteiger partial charge on any atom is -0.414 e. The Hall–Kier alpha value is -1.76. The molecular formula is C15H9F5OS. The molecule has 3 rings (SSSR count). The van der Waals surface area contributed by atoms with Crippen LogP contribution in [0.3, 0.4) is 0 Å². The van der Waals surface area contributed by atoms with Gasteiger partial charge < -0.3 is 4.18 Å². The average molecular weight is 332 g/mol. The molecule has 1 nitrogen and oxygen atoms in total. The Kier molecular flexibility index (Phi) is 3.99. The van der Waals surface area contributed by atoms with Crippen molar-refractivity contribution in [2.45, 2.75) is 24.2 Å². The number of halogens is 5. The Morgan fingerprint density at radius 1 is 0.773 bits per heavy atom. The van der Waals surface area contributed by atoms with E-state index in [4.69, 9.17) is 4.18 Å². The molecule has 0 spiro atoms. The third kappa shape index (κ3) is 2.54. The van der Waals surface area contributed by atoms with E-state index in [1.807, 2.05) is 6.07 Å². The highest BCUT2D eigenvalue weighted by Crippen LogP contribution is 2.34. The molecule has 7 heteroatoms. The third-order valence-corrected chi connectivity index (χ3v) is 4.16. The van der Waals surface area contributed by atoms with E-state index in [2.05, 4.69) is 0 Å². The first-order chi connectivity index (χ1) is 10.5. The monoisotopic (exact) mass is 332 g/mol. The lowest BCUT2D eigenvalue weighted by Gasteiger charge is -2.09. The molecule has 2 aromatic carbocycles. The van der Waals surface area contributed by atoms with Crippen molar-refractivity contribution in [1.29, 1.82) is 0 Å². The molecule has 0 N–H and O–H groups in total. The quantitative estimate of drug-likeness (QED) is 0.340. The summed E-state index contributed by atoms with van der Waals surface area (Å²) in [6.45, 7) is 0. The second-order valence-electron chi connectivity index (χ2n) is 4.85. The van der Waals surface area contributed by atoms with Crippen LogP contribution in [0.2, 0.25) is 0 Å². The lowest BCUT2D eigenvalue weighted by Crippen LogP contribution is -2.03. The van der Waals surface area contributed by atoms with E-state index in [1.165, 1.54) is 5.56 Å². The summed E-state index contributed by atoms with van der Waals surface area (Å²) in [6, 6.07) is 5.34. The maximum Gasteiger partial charge on any atom is 0.215 e. The van der Waals surface area contributed by atoms with Gasteiger partial charge in [-0.1, -0.05) is 6.07 Å². The second kappa shape index (κ2) is 5.79. The average Bonchev–Trinajstić information content (AvgIpc) is 2.98. The summed E-state index contributed by atoms with van der Waals surface area (Å²) in [5.41, 5.74) is 2.30. The smallest absolute Gasteiger partial charge is 0.215 e. The van der Waals surface area contributed by atoms with E-state index in [9.17, 15) is 22.0 Å². The summed E-state index contributed by atoms with van der Waals surface area (Å²) < 4.78 is 70.7. The van der Waals surface area contributed by atoms with Crippen LogP contribution in [-0.4, -0.2) is 0 Å². The van der Waals surface area contributed by atoms with Gasteiger partial charge in [0.15, 0.2) is 0 Å². The number of fused-ring (bicyclic) bond motifs is 1. The van der Waals surface area contributed by atoms with Crippen LogP contribution in [0.5, 0.6) is 5.75 Å². The SMILES string of the molecule is Fc1c(F)c(F)c(OSc2ccc3c(c2)CCC3)c(F)c1F. The highest BCUT2D eigenvalue weighted by atomic mass is 32.2. The first kappa shape index (κ1) is 15.1. The highest BCUT2D eigenvalue weighted by Gasteiger charge is 2.27. The van der Waals surface area contributed by atoms with Gasteiger partial charge in [0, 0.05) is 4.90 Å². The fourth-order valence-corrected chi connectivity index (χ4v) is 2.99. The predicted octanol–water partition coefficient (Wildman–Crippen LogP) is 4.96. The zero-order valence-corrected chi connectivity index (χ0v) is 11.9. The van der Waals surface area contributed by atoms with Gasteiger partial charge >= 0.3 is 0 Å². The molecule has 0 atom stereocenters. The number of rotatable bonds is 3. The second-order valence-corrected chi connectivity index (χ2v) is 5.65. The van der Waals surface area contributed by atoms with Crippen LogP contribution in [0.4, 0.5) is 22.0 Å². The van der Waals surface area contributed by atoms with Crippen molar-refractivity contribution in [3.63, 3.8) is 0 Å². The van der Waals surface area contributed by atoms with Crippen LogP contribution < -0.4 is 4.18 Å². The maximum absolute atomic E-state index is 13.5. The van der Waals surface area contributed by atoms with E-state index in [0.29, 0.717) is 16.9 Å². The molecule has 0 radical (unpaired) electrons. The Labute approximate surface area is 127 Å². The van der Waals surface area contributed by atoms with E-state index in [-0.39, 0.29) is 0 Å². The predicted molar refractivity (Wildman–Crippen MR) is 71.2 cm³/mol. The van der Waals surface area contributed by atoms with Crippen molar-refractivity contribution in [2.75, 3.05) is 0 Å². The van der Waals surface area contributed by atoms with Crippen LogP contribution in [0.1, 0.15) is 17.5 Å². The number of hydrogen-bond donors (Lipinski definition) is 0. The minimum atomic E-state index is -2.20. The van der Waals surface area contributed by atoms with Gasteiger partial charge in [0.2, 0.25) is 34.8 Å². The summed E-state index contributed by atoms with van der Waals surface area (Å²) in [5.74, 6) is -11.5. The molecule has 0 bridgehead atoms. The topological polar surface area (TPSA) is 9.23 Å². The summed E-state index contributed by atoms with van der Waals surface area (Å²) in [6.07, 6.45) is 2.90. The fourth-order valence-electron chi connectivity index (χ4n) is 2.35. The molecule has 2 aromatic rings. The Bertz CT molecular complexity index is 718. The normalized spacial score (nSPS) is 13.3. The molecule has 1 aliphatic carbocycles. The lowest BCUT2D eigenvalue weighted by molar-refractivity contribution is 0.355. The van der Waals surface area contributed by atoms with Gasteiger partial charge in [-0.15, -0.1) is 0 Å². The van der Waals surface area contributed by atoms with Crippen LogP contribution in [0.25, 0.3) is 0 Å². The van der Waals surface area contributed by atoms with Crippen molar-refractivity contribution in [3.8, 4) is 5.75 Å². The van der Waals surface area contributed by atoms with Gasteiger partial charge in [-0.25, -0.2) is 13.2 Å². The largest absolute Gasteiger partial charge is 0.414 e. The summed E-state index contributed by atoms with van der Waals surface area (Å²) >= 11 is 0.555. The van der Waals surface area contributed by atoms with Crippen LogP contribution >= 0.6 is 12.0 Å². The van der Waals surface area contributed by atoms with Gasteiger partial charge in [-0.05, 0) is 42.5 Å². The molecule has 0 fully saturated rings. The number of benzene rings is 2. The first-order valence-electron chi connectivity index (χ1n) is 6.46. The van der Waals surface area contributed by atoms with Crippen molar-refractivity contribution in [2.24, 2.45) is 0 Å². The molecule has 0 saturated heterocycles. The van der Waals surface area contributed by atoms with Crippen molar-refractivity contribution < 1.29 is 26.1 Å². The van der Waals surface area contributed by atoms with Gasteiger partial charge in [-0.3, -0.25) is 0 Å². The van der Waals surface area contributed by atoms with Gasteiger partial charge in [0.25, 0.3) is 0 Å². The first-order valence-corrected chi connectivity index (χ1v) is 7.21.